The molecule has 1 atom stereocenters. The molecule has 2 rings (SSSR count). The standard InChI is InChI=1S/C12H19ClN4O/c1-8(2)17-4-3-9(7-17)5-14-10-6-15-16-12(18)11(10)13/h6,8-9H,3-5,7H2,1-2H3,(H2,14,16,18). The average Bonchev–Trinajstić information content (AvgIpc) is 2.80. The molecule has 5 nitrogen and oxygen atoms in total. The normalized spacial score (nSPS) is 20.6. The Hall–Kier alpha value is -1.07. The van der Waals surface area contributed by atoms with Crippen LogP contribution in [-0.4, -0.2) is 40.8 Å². The predicted octanol–water partition coefficient (Wildman–Crippen LogP) is 1.57. The Bertz CT molecular complexity index is 460. The Balaban J connectivity index is 1.89. The summed E-state index contributed by atoms with van der Waals surface area (Å²) >= 11 is 5.90. The largest absolute Gasteiger partial charge is 0.382 e. The van der Waals surface area contributed by atoms with Crippen LogP contribution in [0.3, 0.4) is 0 Å². The maximum Gasteiger partial charge on any atom is 0.285 e. The molecular formula is C12H19ClN4O. The van der Waals surface area contributed by atoms with Gasteiger partial charge in [0.2, 0.25) is 0 Å². The second kappa shape index (κ2) is 5.71. The highest BCUT2D eigenvalue weighted by molar-refractivity contribution is 6.32. The van der Waals surface area contributed by atoms with E-state index >= 15 is 0 Å². The maximum atomic E-state index is 11.3. The number of rotatable bonds is 4. The minimum atomic E-state index is -0.350. The van der Waals surface area contributed by atoms with Crippen molar-refractivity contribution in [1.29, 1.82) is 0 Å². The van der Waals surface area contributed by atoms with Gasteiger partial charge in [-0.15, -0.1) is 0 Å². The fourth-order valence-corrected chi connectivity index (χ4v) is 2.42. The van der Waals surface area contributed by atoms with Gasteiger partial charge >= 0.3 is 0 Å². The van der Waals surface area contributed by atoms with Crippen molar-refractivity contribution in [1.82, 2.24) is 15.1 Å². The molecule has 100 valence electrons. The third kappa shape index (κ3) is 3.03. The molecule has 1 saturated heterocycles. The monoisotopic (exact) mass is 270 g/mol. The first-order chi connectivity index (χ1) is 8.58. The van der Waals surface area contributed by atoms with Gasteiger partial charge in [0.15, 0.2) is 0 Å². The van der Waals surface area contributed by atoms with Crippen molar-refractivity contribution in [2.24, 2.45) is 5.92 Å². The molecule has 0 spiro atoms. The predicted molar refractivity (Wildman–Crippen MR) is 73.2 cm³/mol. The molecule has 1 unspecified atom stereocenters. The van der Waals surface area contributed by atoms with Crippen molar-refractivity contribution in [2.75, 3.05) is 25.0 Å². The van der Waals surface area contributed by atoms with Crippen LogP contribution in [0.15, 0.2) is 11.0 Å². The molecule has 1 aromatic rings. The highest BCUT2D eigenvalue weighted by atomic mass is 35.5. The van der Waals surface area contributed by atoms with Gasteiger partial charge in [-0.2, -0.15) is 5.10 Å². The zero-order chi connectivity index (χ0) is 13.1. The molecule has 2 N–H and O–H groups in total. The summed E-state index contributed by atoms with van der Waals surface area (Å²) in [5.74, 6) is 0.600. The Morgan fingerprint density at radius 2 is 2.44 bits per heavy atom. The number of aromatic amines is 1. The SMILES string of the molecule is CC(C)N1CCC(CNc2cn[nH]c(=O)c2Cl)C1. The van der Waals surface area contributed by atoms with Crippen molar-refractivity contribution in [2.45, 2.75) is 26.3 Å². The van der Waals surface area contributed by atoms with E-state index in [0.29, 0.717) is 17.6 Å². The fourth-order valence-electron chi connectivity index (χ4n) is 2.26. The lowest BCUT2D eigenvalue weighted by Crippen LogP contribution is -2.29. The van der Waals surface area contributed by atoms with E-state index in [1.807, 2.05) is 0 Å². The lowest BCUT2D eigenvalue weighted by atomic mass is 10.1. The zero-order valence-corrected chi connectivity index (χ0v) is 11.5. The maximum absolute atomic E-state index is 11.3. The van der Waals surface area contributed by atoms with E-state index in [1.165, 1.54) is 6.42 Å². The van der Waals surface area contributed by atoms with Gasteiger partial charge in [0, 0.05) is 19.1 Å². The van der Waals surface area contributed by atoms with E-state index in [2.05, 4.69) is 34.3 Å². The number of likely N-dealkylation sites (tertiary alicyclic amines) is 1. The first-order valence-electron chi connectivity index (χ1n) is 6.29. The number of H-pyrrole nitrogens is 1. The van der Waals surface area contributed by atoms with E-state index < -0.39 is 0 Å². The molecule has 2 heterocycles. The van der Waals surface area contributed by atoms with Crippen molar-refractivity contribution in [3.8, 4) is 0 Å². The minimum absolute atomic E-state index is 0.184. The fraction of sp³-hybridized carbons (Fsp3) is 0.667. The Labute approximate surface area is 112 Å². The van der Waals surface area contributed by atoms with Crippen molar-refractivity contribution in [3.05, 3.63) is 21.6 Å². The molecule has 0 saturated carbocycles. The lowest BCUT2D eigenvalue weighted by molar-refractivity contribution is 0.266. The number of hydrogen-bond donors (Lipinski definition) is 2. The Morgan fingerprint density at radius 3 is 3.11 bits per heavy atom. The van der Waals surface area contributed by atoms with Crippen LogP contribution < -0.4 is 10.9 Å². The topological polar surface area (TPSA) is 61.0 Å². The summed E-state index contributed by atoms with van der Waals surface area (Å²) in [5.41, 5.74) is 0.264. The summed E-state index contributed by atoms with van der Waals surface area (Å²) in [6.45, 7) is 7.50. The molecule has 0 radical (unpaired) electrons. The smallest absolute Gasteiger partial charge is 0.285 e. The molecular weight excluding hydrogens is 252 g/mol. The van der Waals surface area contributed by atoms with Crippen LogP contribution >= 0.6 is 11.6 Å². The molecule has 0 aliphatic carbocycles. The van der Waals surface area contributed by atoms with Crippen LogP contribution in [0.5, 0.6) is 0 Å². The summed E-state index contributed by atoms with van der Waals surface area (Å²) in [5, 5.41) is 9.44. The minimum Gasteiger partial charge on any atom is -0.382 e. The van der Waals surface area contributed by atoms with Gasteiger partial charge in [0.05, 0.1) is 11.9 Å². The van der Waals surface area contributed by atoms with Crippen molar-refractivity contribution >= 4 is 17.3 Å². The third-order valence-corrected chi connectivity index (χ3v) is 3.80. The van der Waals surface area contributed by atoms with Gasteiger partial charge in [-0.05, 0) is 32.7 Å². The van der Waals surface area contributed by atoms with Crippen LogP contribution in [0.4, 0.5) is 5.69 Å². The highest BCUT2D eigenvalue weighted by Crippen LogP contribution is 2.20. The van der Waals surface area contributed by atoms with Gasteiger partial charge in [0.1, 0.15) is 5.02 Å². The number of hydrogen-bond acceptors (Lipinski definition) is 4. The highest BCUT2D eigenvalue weighted by Gasteiger charge is 2.24. The molecule has 0 aromatic carbocycles. The van der Waals surface area contributed by atoms with E-state index in [-0.39, 0.29) is 10.6 Å². The zero-order valence-electron chi connectivity index (χ0n) is 10.7. The Kier molecular flexibility index (Phi) is 4.24. The van der Waals surface area contributed by atoms with Crippen molar-refractivity contribution < 1.29 is 0 Å². The van der Waals surface area contributed by atoms with Crippen LogP contribution in [-0.2, 0) is 0 Å². The molecule has 0 amide bonds. The molecule has 6 heteroatoms. The summed E-state index contributed by atoms with van der Waals surface area (Å²) < 4.78 is 0. The average molecular weight is 271 g/mol. The Morgan fingerprint density at radius 1 is 1.67 bits per heavy atom. The summed E-state index contributed by atoms with van der Waals surface area (Å²) in [6, 6.07) is 0.597. The lowest BCUT2D eigenvalue weighted by Gasteiger charge is -2.20. The van der Waals surface area contributed by atoms with Crippen LogP contribution in [0.1, 0.15) is 20.3 Å². The van der Waals surface area contributed by atoms with Gasteiger partial charge in [-0.25, -0.2) is 5.10 Å². The number of halogens is 1. The summed E-state index contributed by atoms with van der Waals surface area (Å²) in [6.07, 6.45) is 2.73. The number of anilines is 1. The molecule has 18 heavy (non-hydrogen) atoms. The quantitative estimate of drug-likeness (QED) is 0.872. The van der Waals surface area contributed by atoms with Crippen LogP contribution in [0.25, 0.3) is 0 Å². The van der Waals surface area contributed by atoms with E-state index in [1.54, 1.807) is 6.20 Å². The van der Waals surface area contributed by atoms with E-state index in [9.17, 15) is 4.79 Å². The van der Waals surface area contributed by atoms with Gasteiger partial charge < -0.3 is 10.2 Å². The van der Waals surface area contributed by atoms with Crippen LogP contribution in [0.2, 0.25) is 5.02 Å². The first kappa shape index (κ1) is 13.4. The van der Waals surface area contributed by atoms with E-state index in [0.717, 1.165) is 19.6 Å². The first-order valence-corrected chi connectivity index (χ1v) is 6.67. The van der Waals surface area contributed by atoms with Gasteiger partial charge in [0.25, 0.3) is 5.56 Å². The molecule has 1 aliphatic heterocycles. The molecule has 0 bridgehead atoms. The number of nitrogens with one attached hydrogen (secondary N) is 2. The van der Waals surface area contributed by atoms with Crippen LogP contribution in [0, 0.1) is 5.92 Å². The second-order valence-corrected chi connectivity index (χ2v) is 5.43. The second-order valence-electron chi connectivity index (χ2n) is 5.05. The molecule has 1 fully saturated rings. The number of nitrogens with zero attached hydrogens (tertiary/aromatic N) is 2. The van der Waals surface area contributed by atoms with Gasteiger partial charge in [-0.3, -0.25) is 4.79 Å². The van der Waals surface area contributed by atoms with Crippen molar-refractivity contribution in [3.63, 3.8) is 0 Å². The number of aromatic nitrogens is 2. The van der Waals surface area contributed by atoms with Gasteiger partial charge in [-0.1, -0.05) is 11.6 Å². The molecule has 1 aliphatic rings. The van der Waals surface area contributed by atoms with E-state index in [4.69, 9.17) is 11.6 Å². The molecule has 1 aromatic heterocycles. The summed E-state index contributed by atoms with van der Waals surface area (Å²) in [4.78, 5) is 13.7. The third-order valence-electron chi connectivity index (χ3n) is 3.42. The summed E-state index contributed by atoms with van der Waals surface area (Å²) in [7, 11) is 0.